The number of nitrogens with zero attached hydrogens (tertiary/aromatic N) is 7. The van der Waals surface area contributed by atoms with Gasteiger partial charge in [0.15, 0.2) is 5.96 Å². The lowest BCUT2D eigenvalue weighted by molar-refractivity contribution is -0.538. The van der Waals surface area contributed by atoms with Crippen molar-refractivity contribution in [2.75, 3.05) is 81.3 Å². The van der Waals surface area contributed by atoms with Crippen molar-refractivity contribution >= 4 is 110 Å². The van der Waals surface area contributed by atoms with Crippen LogP contribution in [0.4, 0.5) is 22.7 Å². The molecule has 0 bridgehead atoms. The van der Waals surface area contributed by atoms with Crippen LogP contribution < -0.4 is 74.1 Å². The van der Waals surface area contributed by atoms with Crippen LogP contribution in [-0.2, 0) is 38.4 Å². The highest BCUT2D eigenvalue weighted by Gasteiger charge is 2.33. The fourth-order valence-electron chi connectivity index (χ4n) is 10.8. The number of guanidine groups is 1. The number of aliphatic imine (C=N–C) groups is 1. The molecule has 6 rings (SSSR count). The molecule has 28 heteroatoms. The van der Waals surface area contributed by atoms with Crippen molar-refractivity contribution in [1.82, 2.24) is 47.5 Å². The number of para-hydroxylation sites is 1. The van der Waals surface area contributed by atoms with Gasteiger partial charge in [0.05, 0.1) is 30.6 Å². The van der Waals surface area contributed by atoms with E-state index < -0.39 is 84.8 Å². The summed E-state index contributed by atoms with van der Waals surface area (Å²) >= 11 is 1.41. The summed E-state index contributed by atoms with van der Waals surface area (Å²) in [7, 11) is 1.94. The number of hydrogen-bond donors (Lipinski definition) is 12. The number of unbranched alkanes of at least 4 members (excludes halogenated alkanes) is 1. The van der Waals surface area contributed by atoms with Gasteiger partial charge in [0.25, 0.3) is 0 Å². The number of aliphatic hydroxyl groups is 1. The van der Waals surface area contributed by atoms with Crippen LogP contribution in [-0.4, -0.2) is 171 Å². The number of azo groups is 1. The van der Waals surface area contributed by atoms with Gasteiger partial charge in [-0.25, -0.2) is 4.98 Å². The number of anilines is 2. The van der Waals surface area contributed by atoms with Crippen LogP contribution in [0.2, 0.25) is 0 Å². The molecule has 1 aliphatic rings. The molecule has 2 heterocycles. The fraction of sp³-hybridized carbons (Fsp3) is 0.500. The summed E-state index contributed by atoms with van der Waals surface area (Å²) in [5.74, 6) is -4.88. The zero-order valence-electron chi connectivity index (χ0n) is 54.8. The standard InChI is InChI=1S/C66H94N18O9S/c1-7-83(8-2)47-28-30-49-57(39-47)84(46-17-10-9-11-18-46)56-38-44(25-29-48(56)74-49)81-80-43-23-26-45(27-24-43)82(5)35-16-22-58(86)71-32-13-12-19-52(63(91)79-55(41-85)65(93)76-50(60(67)88)20-14-34-72-66(68)69)77-64(92)53(31-36-94-6)75-59(87)40-73-61(89)54(37-42(3)4)78-62(90)51-21-15-33-70-51/h9-11,17-18,23-30,38-39,42,50-55,70,85H,7-8,12-16,19-22,31-37,40-41H2,1-6H3,(H12-,67,68,69,71,72,73,75,76,77,78,79,86,87,88,89,90,91,92,93)/p+1/t50-,51-,52-,53-,54-,55-/m0/s1. The first-order valence-electron chi connectivity index (χ1n) is 32.3. The molecule has 508 valence electrons. The maximum atomic E-state index is 14.1. The number of aliphatic hydroxyl groups excluding tert-OH is 1. The number of amides is 8. The number of carbonyl (C=O) groups excluding carboxylic acids is 8. The Kier molecular flexibility index (Phi) is 30.1. The Hall–Kier alpha value is -9.02. The van der Waals surface area contributed by atoms with Crippen LogP contribution in [0.25, 0.3) is 27.8 Å². The fourth-order valence-corrected chi connectivity index (χ4v) is 11.3. The number of primary amides is 1. The highest BCUT2D eigenvalue weighted by Crippen LogP contribution is 2.28. The molecule has 1 aromatic heterocycles. The van der Waals surface area contributed by atoms with Crippen molar-refractivity contribution in [2.45, 2.75) is 135 Å². The number of carbonyl (C=O) groups is 8. The average Bonchev–Trinajstić information content (AvgIpc) is 0.905. The molecule has 0 spiro atoms. The number of fused-ring (bicyclic) bond motifs is 2. The molecule has 1 fully saturated rings. The number of benzene rings is 4. The van der Waals surface area contributed by atoms with E-state index >= 15 is 0 Å². The molecule has 6 atom stereocenters. The van der Waals surface area contributed by atoms with E-state index in [1.807, 2.05) is 92.7 Å². The molecule has 1 aliphatic heterocycles. The Balaban J connectivity index is 1.03. The second-order valence-electron chi connectivity index (χ2n) is 23.6. The first-order valence-corrected chi connectivity index (χ1v) is 33.7. The third-order valence-corrected chi connectivity index (χ3v) is 16.6. The largest absolute Gasteiger partial charge is 0.394 e. The van der Waals surface area contributed by atoms with Gasteiger partial charge in [-0.2, -0.15) is 22.0 Å². The summed E-state index contributed by atoms with van der Waals surface area (Å²) in [5.41, 5.74) is 24.3. The average molecular weight is 1320 g/mol. The van der Waals surface area contributed by atoms with Crippen LogP contribution in [0, 0.1) is 5.92 Å². The van der Waals surface area contributed by atoms with Crippen molar-refractivity contribution in [3.8, 4) is 5.69 Å². The van der Waals surface area contributed by atoms with Crippen LogP contribution >= 0.6 is 11.8 Å². The number of thioether (sulfide) groups is 1. The van der Waals surface area contributed by atoms with E-state index in [0.717, 1.165) is 58.6 Å². The number of nitrogens with two attached hydrogens (primary N) is 3. The van der Waals surface area contributed by atoms with Gasteiger partial charge < -0.3 is 74.6 Å². The Labute approximate surface area is 553 Å². The minimum atomic E-state index is -1.58. The molecule has 4 aromatic carbocycles. The topological polar surface area (TPSA) is 391 Å². The summed E-state index contributed by atoms with van der Waals surface area (Å²) in [6.07, 6.45) is 5.46. The van der Waals surface area contributed by atoms with E-state index in [-0.39, 0.29) is 75.3 Å². The molecule has 5 aromatic rings. The molecule has 15 N–H and O–H groups in total. The maximum absolute atomic E-state index is 14.1. The van der Waals surface area contributed by atoms with Crippen molar-refractivity contribution in [3.05, 3.63) is 91.0 Å². The van der Waals surface area contributed by atoms with E-state index in [2.05, 4.69) is 111 Å². The zero-order chi connectivity index (χ0) is 68.1. The minimum absolute atomic E-state index is 0.00270. The van der Waals surface area contributed by atoms with Gasteiger partial charge in [0.2, 0.25) is 64.0 Å². The number of aromatic nitrogens is 2. The molecule has 1 saturated heterocycles. The second-order valence-corrected chi connectivity index (χ2v) is 24.6. The van der Waals surface area contributed by atoms with Crippen LogP contribution in [0.1, 0.15) is 98.3 Å². The van der Waals surface area contributed by atoms with E-state index in [4.69, 9.17) is 22.2 Å². The van der Waals surface area contributed by atoms with Gasteiger partial charge in [-0.05, 0) is 151 Å². The van der Waals surface area contributed by atoms with Crippen molar-refractivity contribution in [1.29, 1.82) is 0 Å². The summed E-state index contributed by atoms with van der Waals surface area (Å²) in [5, 5.41) is 41.2. The summed E-state index contributed by atoms with van der Waals surface area (Å²) < 4.78 is 2.22. The Morgan fingerprint density at radius 3 is 1.97 bits per heavy atom. The highest BCUT2D eigenvalue weighted by atomic mass is 32.2. The second kappa shape index (κ2) is 38.2. The highest BCUT2D eigenvalue weighted by molar-refractivity contribution is 7.98. The third-order valence-electron chi connectivity index (χ3n) is 16.0. The van der Waals surface area contributed by atoms with E-state index in [1.54, 1.807) is 0 Å². The summed E-state index contributed by atoms with van der Waals surface area (Å²) in [6.45, 7) is 10.1. The lowest BCUT2D eigenvalue weighted by Gasteiger charge is -2.26. The van der Waals surface area contributed by atoms with Gasteiger partial charge in [-0.15, -0.1) is 4.57 Å². The first-order chi connectivity index (χ1) is 45.2. The van der Waals surface area contributed by atoms with Crippen LogP contribution in [0.15, 0.2) is 106 Å². The summed E-state index contributed by atoms with van der Waals surface area (Å²) in [6, 6.07) is 23.5. The predicted octanol–water partition coefficient (Wildman–Crippen LogP) is 3.05. The smallest absolute Gasteiger partial charge is 0.245 e. The lowest BCUT2D eigenvalue weighted by atomic mass is 10.0. The molecular formula is C66H95N18O9S+. The number of rotatable bonds is 39. The lowest BCUT2D eigenvalue weighted by Crippen LogP contribution is -2.59. The predicted molar refractivity (Wildman–Crippen MR) is 367 cm³/mol. The SMILES string of the molecule is CCN(CC)c1ccc2nc3ccc(N=Nc4ccc(N(C)CCCC(=O)NCCCC[C@H](NC(=O)[C@H](CCSC)NC(=O)CNC(=O)[C@H](CC(C)C)NC(=O)[C@@H]5CCCN5)C(=O)N[C@@H](CO)C(=O)N[C@@H](CCCN=C(N)N)C(N)=O)cc4)cc3[n+](-c3ccccc3)c2c1. The van der Waals surface area contributed by atoms with Gasteiger partial charge in [-0.3, -0.25) is 43.3 Å². The Bertz CT molecular complexity index is 3400. The quantitative estimate of drug-likeness (QED) is 0.00672. The van der Waals surface area contributed by atoms with Gasteiger partial charge in [0, 0.05) is 81.8 Å². The van der Waals surface area contributed by atoms with Crippen molar-refractivity contribution in [2.24, 2.45) is 38.3 Å². The van der Waals surface area contributed by atoms with E-state index in [0.29, 0.717) is 55.9 Å². The normalized spacial score (nSPS) is 14.5. The molecule has 0 radical (unpaired) electrons. The molecule has 27 nitrogen and oxygen atoms in total. The van der Waals surface area contributed by atoms with Crippen LogP contribution in [0.5, 0.6) is 0 Å². The van der Waals surface area contributed by atoms with E-state index in [9.17, 15) is 43.5 Å². The molecule has 8 amide bonds. The van der Waals surface area contributed by atoms with Gasteiger partial charge in [0.1, 0.15) is 41.2 Å². The van der Waals surface area contributed by atoms with Gasteiger partial charge in [-0.1, -0.05) is 32.0 Å². The molecule has 0 saturated carbocycles. The first kappa shape index (κ1) is 74.0. The monoisotopic (exact) mass is 1320 g/mol. The van der Waals surface area contributed by atoms with Crippen molar-refractivity contribution < 1.29 is 48.0 Å². The molecule has 0 unspecified atom stereocenters. The summed E-state index contributed by atoms with van der Waals surface area (Å²) in [4.78, 5) is 120. The zero-order valence-corrected chi connectivity index (χ0v) is 55.6. The van der Waals surface area contributed by atoms with Crippen molar-refractivity contribution in [3.63, 3.8) is 0 Å². The molecule has 0 aliphatic carbocycles. The third kappa shape index (κ3) is 23.2. The Morgan fingerprint density at radius 1 is 0.691 bits per heavy atom. The Morgan fingerprint density at radius 2 is 1.32 bits per heavy atom. The van der Waals surface area contributed by atoms with E-state index in [1.165, 1.54) is 11.8 Å². The van der Waals surface area contributed by atoms with Crippen LogP contribution in [0.3, 0.4) is 0 Å². The van der Waals surface area contributed by atoms with Gasteiger partial charge >= 0.3 is 0 Å². The number of nitrogens with one attached hydrogen (secondary N) is 8. The number of hydrogen-bond acceptors (Lipinski definition) is 17. The minimum Gasteiger partial charge on any atom is -0.394 e. The molecule has 94 heavy (non-hydrogen) atoms. The maximum Gasteiger partial charge on any atom is 0.245 e. The molecular weight excluding hydrogens is 1220 g/mol.